The Bertz CT molecular complexity index is 633. The smallest absolute Gasteiger partial charge is 0.268 e. The Morgan fingerprint density at radius 3 is 2.88 bits per heavy atom. The molecule has 1 aromatic heterocycles. The Hall–Kier alpha value is -1.19. The van der Waals surface area contributed by atoms with Crippen molar-refractivity contribution in [2.24, 2.45) is 0 Å². The van der Waals surface area contributed by atoms with Crippen LogP contribution in [0.3, 0.4) is 0 Å². The molecular weight excluding hydrogens is 259 g/mol. The number of benzene rings is 1. The third-order valence-corrected chi connectivity index (χ3v) is 3.63. The summed E-state index contributed by atoms with van der Waals surface area (Å²) in [5.74, 6) is -0.0634. The van der Waals surface area contributed by atoms with Gasteiger partial charge in [0.25, 0.3) is 5.91 Å². The highest BCUT2D eigenvalue weighted by molar-refractivity contribution is 6.38. The van der Waals surface area contributed by atoms with Crippen molar-refractivity contribution in [1.82, 2.24) is 9.88 Å². The summed E-state index contributed by atoms with van der Waals surface area (Å²) < 4.78 is 1.99. The summed E-state index contributed by atoms with van der Waals surface area (Å²) in [6.07, 6.45) is 0. The number of carbonyl (C=O) groups is 1. The number of hydrogen-bond acceptors (Lipinski definition) is 1. The van der Waals surface area contributed by atoms with Gasteiger partial charge >= 0.3 is 0 Å². The number of amides is 1. The maximum atomic E-state index is 11.8. The second-order valence-electron chi connectivity index (χ2n) is 4.28. The first-order valence-corrected chi connectivity index (χ1v) is 6.11. The maximum absolute atomic E-state index is 11.8. The number of carbonyl (C=O) groups excluding carboxylic acids is 1. The van der Waals surface area contributed by atoms with Crippen molar-refractivity contribution in [1.29, 1.82) is 0 Å². The molecule has 2 aromatic rings. The lowest BCUT2D eigenvalue weighted by molar-refractivity contribution is 0.0919. The van der Waals surface area contributed by atoms with Crippen LogP contribution in [0.25, 0.3) is 10.9 Å². The Morgan fingerprint density at radius 2 is 2.12 bits per heavy atom. The topological polar surface area (TPSA) is 34.0 Å². The third kappa shape index (κ3) is 1.53. The van der Waals surface area contributed by atoms with E-state index in [0.29, 0.717) is 22.3 Å². The minimum absolute atomic E-state index is 0.0634. The highest BCUT2D eigenvalue weighted by Gasteiger charge is 2.25. The van der Waals surface area contributed by atoms with Gasteiger partial charge in [0.05, 0.1) is 10.5 Å². The molecule has 5 heteroatoms. The van der Waals surface area contributed by atoms with Crippen LogP contribution in [0.1, 0.15) is 23.5 Å². The van der Waals surface area contributed by atoms with Crippen LogP contribution in [0.15, 0.2) is 18.2 Å². The van der Waals surface area contributed by atoms with Crippen LogP contribution in [0.2, 0.25) is 10.0 Å². The zero-order chi connectivity index (χ0) is 12.2. The number of halogens is 2. The fourth-order valence-electron chi connectivity index (χ4n) is 2.32. The molecule has 3 nitrogen and oxygen atoms in total. The molecule has 0 radical (unpaired) electrons. The summed E-state index contributed by atoms with van der Waals surface area (Å²) in [4.78, 5) is 11.8. The van der Waals surface area contributed by atoms with Crippen molar-refractivity contribution in [3.8, 4) is 0 Å². The highest BCUT2D eigenvalue weighted by Crippen LogP contribution is 2.33. The number of aromatic nitrogens is 1. The lowest BCUT2D eigenvalue weighted by Crippen LogP contribution is -2.37. The first kappa shape index (κ1) is 10.9. The van der Waals surface area contributed by atoms with Gasteiger partial charge in [-0.2, -0.15) is 0 Å². The zero-order valence-electron chi connectivity index (χ0n) is 9.13. The van der Waals surface area contributed by atoms with E-state index >= 15 is 0 Å². The predicted octanol–water partition coefficient (Wildman–Crippen LogP) is 3.25. The van der Waals surface area contributed by atoms with Crippen molar-refractivity contribution in [2.75, 3.05) is 6.54 Å². The summed E-state index contributed by atoms with van der Waals surface area (Å²) in [7, 11) is 0. The number of rotatable bonds is 0. The molecule has 1 aliphatic heterocycles. The molecule has 17 heavy (non-hydrogen) atoms. The molecule has 1 unspecified atom stereocenters. The van der Waals surface area contributed by atoms with Crippen molar-refractivity contribution in [3.63, 3.8) is 0 Å². The van der Waals surface area contributed by atoms with Gasteiger partial charge in [-0.1, -0.05) is 23.2 Å². The average Bonchev–Trinajstić information content (AvgIpc) is 2.64. The average molecular weight is 269 g/mol. The highest BCUT2D eigenvalue weighted by atomic mass is 35.5. The number of hydrogen-bond donors (Lipinski definition) is 1. The molecule has 0 saturated carbocycles. The Morgan fingerprint density at radius 1 is 1.35 bits per heavy atom. The van der Waals surface area contributed by atoms with Crippen LogP contribution >= 0.6 is 23.2 Å². The first-order chi connectivity index (χ1) is 8.08. The molecule has 0 bridgehead atoms. The van der Waals surface area contributed by atoms with Crippen LogP contribution in [0, 0.1) is 0 Å². The van der Waals surface area contributed by atoms with E-state index < -0.39 is 0 Å². The fourth-order valence-corrected chi connectivity index (χ4v) is 2.86. The monoisotopic (exact) mass is 268 g/mol. The van der Waals surface area contributed by atoms with E-state index in [1.807, 2.05) is 16.7 Å². The minimum atomic E-state index is -0.0634. The van der Waals surface area contributed by atoms with Crippen molar-refractivity contribution in [3.05, 3.63) is 33.9 Å². The van der Waals surface area contributed by atoms with E-state index in [2.05, 4.69) is 12.2 Å². The molecular formula is C12H10Cl2N2O. The van der Waals surface area contributed by atoms with Gasteiger partial charge in [-0.3, -0.25) is 4.79 Å². The fraction of sp³-hybridized carbons (Fsp3) is 0.250. The van der Waals surface area contributed by atoms with Crippen molar-refractivity contribution >= 4 is 40.0 Å². The predicted molar refractivity (Wildman–Crippen MR) is 69.0 cm³/mol. The molecule has 0 aliphatic carbocycles. The number of fused-ring (bicyclic) bond motifs is 3. The molecule has 3 rings (SSSR count). The molecule has 1 aliphatic rings. The van der Waals surface area contributed by atoms with E-state index in [-0.39, 0.29) is 11.9 Å². The molecule has 0 fully saturated rings. The van der Waals surface area contributed by atoms with Gasteiger partial charge in [-0.25, -0.2) is 0 Å². The van der Waals surface area contributed by atoms with Crippen molar-refractivity contribution in [2.45, 2.75) is 13.0 Å². The second-order valence-corrected chi connectivity index (χ2v) is 5.12. The van der Waals surface area contributed by atoms with Gasteiger partial charge in [0.2, 0.25) is 0 Å². The molecule has 2 heterocycles. The van der Waals surface area contributed by atoms with Crippen LogP contribution in [0.4, 0.5) is 0 Å². The molecule has 0 spiro atoms. The Labute approximate surface area is 108 Å². The van der Waals surface area contributed by atoms with E-state index in [4.69, 9.17) is 23.2 Å². The largest absolute Gasteiger partial charge is 0.349 e. The molecule has 1 aromatic carbocycles. The summed E-state index contributed by atoms with van der Waals surface area (Å²) in [6.45, 7) is 2.68. The van der Waals surface area contributed by atoms with Gasteiger partial charge in [-0.05, 0) is 25.1 Å². The van der Waals surface area contributed by atoms with Gasteiger partial charge in [-0.15, -0.1) is 0 Å². The summed E-state index contributed by atoms with van der Waals surface area (Å²) >= 11 is 12.2. The standard InChI is InChI=1S/C12H10Cl2N2O/c1-6-5-15-12(17)11-4-8-9(14)2-7(13)3-10(8)16(6)11/h2-4,6H,5H2,1H3,(H,15,17). The van der Waals surface area contributed by atoms with Crippen molar-refractivity contribution < 1.29 is 4.79 Å². The first-order valence-electron chi connectivity index (χ1n) is 5.36. The molecule has 88 valence electrons. The SMILES string of the molecule is CC1CNC(=O)c2cc3c(Cl)cc(Cl)cc3n21. The Kier molecular flexibility index (Phi) is 2.35. The number of nitrogens with one attached hydrogen (secondary N) is 1. The Balaban J connectivity index is 2.42. The van der Waals surface area contributed by atoms with E-state index in [9.17, 15) is 4.79 Å². The maximum Gasteiger partial charge on any atom is 0.268 e. The molecule has 1 amide bonds. The van der Waals surface area contributed by atoms with Crippen LogP contribution in [-0.2, 0) is 0 Å². The normalized spacial score (nSPS) is 19.2. The van der Waals surface area contributed by atoms with Gasteiger partial charge in [0.1, 0.15) is 5.69 Å². The van der Waals surface area contributed by atoms with E-state index in [1.165, 1.54) is 0 Å². The molecule has 1 N–H and O–H groups in total. The number of nitrogens with zero attached hydrogens (tertiary/aromatic N) is 1. The van der Waals surface area contributed by atoms with Crippen LogP contribution in [0.5, 0.6) is 0 Å². The van der Waals surface area contributed by atoms with Gasteiger partial charge in [0, 0.05) is 23.0 Å². The second kappa shape index (κ2) is 3.65. The summed E-state index contributed by atoms with van der Waals surface area (Å²) in [5.41, 5.74) is 1.56. The third-order valence-electron chi connectivity index (χ3n) is 3.10. The van der Waals surface area contributed by atoms with Gasteiger partial charge in [0.15, 0.2) is 0 Å². The summed E-state index contributed by atoms with van der Waals surface area (Å²) in [5, 5.41) is 4.88. The lowest BCUT2D eigenvalue weighted by atomic mass is 10.2. The van der Waals surface area contributed by atoms with Crippen LogP contribution < -0.4 is 5.32 Å². The van der Waals surface area contributed by atoms with Gasteiger partial charge < -0.3 is 9.88 Å². The lowest BCUT2D eigenvalue weighted by Gasteiger charge is -2.24. The minimum Gasteiger partial charge on any atom is -0.349 e. The van der Waals surface area contributed by atoms with E-state index in [1.54, 1.807) is 6.07 Å². The summed E-state index contributed by atoms with van der Waals surface area (Å²) in [6, 6.07) is 5.56. The van der Waals surface area contributed by atoms with E-state index in [0.717, 1.165) is 10.9 Å². The zero-order valence-corrected chi connectivity index (χ0v) is 10.6. The van der Waals surface area contributed by atoms with Crippen LogP contribution in [-0.4, -0.2) is 17.0 Å². The quantitative estimate of drug-likeness (QED) is 0.782. The molecule has 0 saturated heterocycles. The molecule has 1 atom stereocenters.